The zero-order valence-electron chi connectivity index (χ0n) is 6.07. The van der Waals surface area contributed by atoms with Crippen LogP contribution in [0.5, 0.6) is 0 Å². The number of carbonyl (C=O) groups is 2. The Morgan fingerprint density at radius 3 is 1.91 bits per heavy atom. The van der Waals surface area contributed by atoms with Crippen LogP contribution in [0.15, 0.2) is 0 Å². The van der Waals surface area contributed by atoms with Crippen LogP contribution in [0.1, 0.15) is 13.3 Å². The summed E-state index contributed by atoms with van der Waals surface area (Å²) in [5, 5.41) is 0. The molecule has 0 saturated carbocycles. The van der Waals surface area contributed by atoms with Crippen LogP contribution < -0.4 is 0 Å². The van der Waals surface area contributed by atoms with Gasteiger partial charge >= 0.3 is 11.9 Å². The molecular formula is C7H8O4. The van der Waals surface area contributed by atoms with Crippen molar-refractivity contribution in [2.75, 3.05) is 0 Å². The van der Waals surface area contributed by atoms with Gasteiger partial charge in [-0.2, -0.15) is 0 Å². The summed E-state index contributed by atoms with van der Waals surface area (Å²) >= 11 is 0. The van der Waals surface area contributed by atoms with E-state index in [1.54, 1.807) is 0 Å². The molecular weight excluding hydrogens is 148 g/mol. The second kappa shape index (κ2) is 4.34. The molecule has 1 aliphatic rings. The Kier molecular flexibility index (Phi) is 3.75. The standard InChI is InChI=1S/C5H6O4.C2H2/c1-3-8-4(6)2-5(7)9-3;1-2/h3H,2H2,1H3;1-2H. The number of terminal acetylenes is 1. The third kappa shape index (κ3) is 3.26. The van der Waals surface area contributed by atoms with Crippen molar-refractivity contribution < 1.29 is 19.1 Å². The van der Waals surface area contributed by atoms with Crippen LogP contribution in [0.25, 0.3) is 0 Å². The summed E-state index contributed by atoms with van der Waals surface area (Å²) in [4.78, 5) is 20.7. The van der Waals surface area contributed by atoms with E-state index in [-0.39, 0.29) is 6.42 Å². The molecule has 11 heavy (non-hydrogen) atoms. The molecule has 0 unspecified atom stereocenters. The van der Waals surface area contributed by atoms with Gasteiger partial charge in [-0.25, -0.2) is 0 Å². The number of cyclic esters (lactones) is 2. The predicted molar refractivity (Wildman–Crippen MR) is 36.2 cm³/mol. The van der Waals surface area contributed by atoms with E-state index in [0.29, 0.717) is 0 Å². The lowest BCUT2D eigenvalue weighted by atomic mass is 10.4. The molecule has 1 fully saturated rings. The highest BCUT2D eigenvalue weighted by Crippen LogP contribution is 2.05. The minimum absolute atomic E-state index is 0.260. The lowest BCUT2D eigenvalue weighted by molar-refractivity contribution is -0.199. The maximum absolute atomic E-state index is 10.4. The third-order valence-electron chi connectivity index (χ3n) is 0.883. The molecule has 0 aromatic heterocycles. The Bertz CT molecular complexity index is 166. The van der Waals surface area contributed by atoms with E-state index in [2.05, 4.69) is 22.3 Å². The highest BCUT2D eigenvalue weighted by Gasteiger charge is 2.23. The fourth-order valence-electron chi connectivity index (χ4n) is 0.595. The van der Waals surface area contributed by atoms with Crippen molar-refractivity contribution >= 4 is 11.9 Å². The molecule has 0 spiro atoms. The molecule has 1 heterocycles. The molecule has 0 bridgehead atoms. The van der Waals surface area contributed by atoms with Crippen LogP contribution in [0.4, 0.5) is 0 Å². The number of carbonyl (C=O) groups excluding carboxylic acids is 2. The molecule has 60 valence electrons. The first-order chi connectivity index (χ1) is 5.18. The quantitative estimate of drug-likeness (QED) is 0.283. The second-order valence-electron chi connectivity index (χ2n) is 1.72. The maximum atomic E-state index is 10.4. The van der Waals surface area contributed by atoms with Crippen LogP contribution in [-0.4, -0.2) is 18.2 Å². The number of esters is 2. The zero-order valence-corrected chi connectivity index (χ0v) is 6.07. The van der Waals surface area contributed by atoms with Crippen molar-refractivity contribution in [1.82, 2.24) is 0 Å². The van der Waals surface area contributed by atoms with Gasteiger partial charge in [0.25, 0.3) is 0 Å². The van der Waals surface area contributed by atoms with Gasteiger partial charge in [-0.15, -0.1) is 12.8 Å². The Morgan fingerprint density at radius 1 is 1.27 bits per heavy atom. The largest absolute Gasteiger partial charge is 0.425 e. The molecule has 0 amide bonds. The van der Waals surface area contributed by atoms with Gasteiger partial charge in [0.1, 0.15) is 6.42 Å². The van der Waals surface area contributed by atoms with Gasteiger partial charge in [0.05, 0.1) is 0 Å². The van der Waals surface area contributed by atoms with Crippen molar-refractivity contribution in [1.29, 1.82) is 0 Å². The summed E-state index contributed by atoms with van der Waals surface area (Å²) < 4.78 is 8.95. The van der Waals surface area contributed by atoms with Crippen molar-refractivity contribution in [3.63, 3.8) is 0 Å². The van der Waals surface area contributed by atoms with E-state index in [1.807, 2.05) is 0 Å². The molecule has 0 aromatic rings. The fraction of sp³-hybridized carbons (Fsp3) is 0.429. The van der Waals surface area contributed by atoms with Gasteiger partial charge in [-0.1, -0.05) is 0 Å². The molecule has 1 rings (SSSR count). The number of hydrogen-bond donors (Lipinski definition) is 0. The highest BCUT2D eigenvalue weighted by molar-refractivity contribution is 5.92. The summed E-state index contributed by atoms with van der Waals surface area (Å²) in [6, 6.07) is 0. The van der Waals surface area contributed by atoms with Gasteiger partial charge in [-0.3, -0.25) is 9.59 Å². The minimum atomic E-state index is -0.709. The lowest BCUT2D eigenvalue weighted by Crippen LogP contribution is -2.29. The predicted octanol–water partition coefficient (Wildman–Crippen LogP) is 0.0719. The molecule has 0 aromatic carbocycles. The SMILES string of the molecule is C#C.CC1OC(=O)CC(=O)O1. The first-order valence-corrected chi connectivity index (χ1v) is 2.91. The van der Waals surface area contributed by atoms with Crippen molar-refractivity contribution in [2.24, 2.45) is 0 Å². The minimum Gasteiger partial charge on any atom is -0.425 e. The zero-order chi connectivity index (χ0) is 8.85. The van der Waals surface area contributed by atoms with E-state index in [0.717, 1.165) is 0 Å². The average molecular weight is 156 g/mol. The Labute approximate surface area is 64.5 Å². The van der Waals surface area contributed by atoms with Crippen LogP contribution >= 0.6 is 0 Å². The maximum Gasteiger partial charge on any atom is 0.320 e. The third-order valence-corrected chi connectivity index (χ3v) is 0.883. The molecule has 4 nitrogen and oxygen atoms in total. The van der Waals surface area contributed by atoms with E-state index in [9.17, 15) is 9.59 Å². The summed E-state index contributed by atoms with van der Waals surface area (Å²) in [6.07, 6.45) is 7.03. The normalized spacial score (nSPS) is 17.4. The molecule has 0 atom stereocenters. The smallest absolute Gasteiger partial charge is 0.320 e. The number of ether oxygens (including phenoxy) is 2. The molecule has 0 aliphatic carbocycles. The topological polar surface area (TPSA) is 52.6 Å². The summed E-state index contributed by atoms with van der Waals surface area (Å²) in [5.74, 6) is -1.03. The number of rotatable bonds is 0. The first-order valence-electron chi connectivity index (χ1n) is 2.91. The molecule has 0 N–H and O–H groups in total. The van der Waals surface area contributed by atoms with Crippen LogP contribution in [-0.2, 0) is 19.1 Å². The van der Waals surface area contributed by atoms with E-state index >= 15 is 0 Å². The Hall–Kier alpha value is -1.50. The van der Waals surface area contributed by atoms with Gasteiger partial charge < -0.3 is 9.47 Å². The Morgan fingerprint density at radius 2 is 1.64 bits per heavy atom. The monoisotopic (exact) mass is 156 g/mol. The van der Waals surface area contributed by atoms with Crippen molar-refractivity contribution in [3.05, 3.63) is 0 Å². The van der Waals surface area contributed by atoms with E-state index < -0.39 is 18.2 Å². The van der Waals surface area contributed by atoms with E-state index in [4.69, 9.17) is 0 Å². The van der Waals surface area contributed by atoms with Gasteiger partial charge in [-0.05, 0) is 0 Å². The van der Waals surface area contributed by atoms with Crippen molar-refractivity contribution in [3.8, 4) is 12.8 Å². The van der Waals surface area contributed by atoms with Crippen LogP contribution in [0, 0.1) is 12.8 Å². The lowest BCUT2D eigenvalue weighted by Gasteiger charge is -2.17. The second-order valence-corrected chi connectivity index (χ2v) is 1.72. The average Bonchev–Trinajstić information content (AvgIpc) is 1.88. The number of hydrogen-bond acceptors (Lipinski definition) is 4. The fourth-order valence-corrected chi connectivity index (χ4v) is 0.595. The van der Waals surface area contributed by atoms with Crippen LogP contribution in [0.2, 0.25) is 0 Å². The van der Waals surface area contributed by atoms with Crippen LogP contribution in [0.3, 0.4) is 0 Å². The summed E-state index contributed by atoms with van der Waals surface area (Å²) in [6.45, 7) is 1.50. The summed E-state index contributed by atoms with van der Waals surface area (Å²) in [7, 11) is 0. The van der Waals surface area contributed by atoms with Gasteiger partial charge in [0.15, 0.2) is 0 Å². The highest BCUT2D eigenvalue weighted by atomic mass is 16.7. The molecule has 1 saturated heterocycles. The molecule has 0 radical (unpaired) electrons. The first kappa shape index (κ1) is 9.50. The van der Waals surface area contributed by atoms with Crippen molar-refractivity contribution in [2.45, 2.75) is 19.6 Å². The van der Waals surface area contributed by atoms with Gasteiger partial charge in [0.2, 0.25) is 6.29 Å². The summed E-state index contributed by atoms with van der Waals surface area (Å²) in [5.41, 5.74) is 0. The van der Waals surface area contributed by atoms with Gasteiger partial charge in [0, 0.05) is 6.92 Å². The van der Waals surface area contributed by atoms with E-state index in [1.165, 1.54) is 6.92 Å². The molecule has 4 heteroatoms. The molecule has 1 aliphatic heterocycles. The Balaban J connectivity index is 0.000000461.